The lowest BCUT2D eigenvalue weighted by Gasteiger charge is -2.33. The SMILES string of the molecule is COC(=O)c1cc(S(=O)(=O)N(C)C)ccc1N1CCC[C@@H](O)C1. The van der Waals surface area contributed by atoms with E-state index in [0.29, 0.717) is 18.8 Å². The highest BCUT2D eigenvalue weighted by Crippen LogP contribution is 2.28. The normalized spacial score (nSPS) is 19.0. The largest absolute Gasteiger partial charge is 0.465 e. The first-order chi connectivity index (χ1) is 10.8. The van der Waals surface area contributed by atoms with Crippen molar-refractivity contribution in [3.8, 4) is 0 Å². The van der Waals surface area contributed by atoms with E-state index in [1.807, 2.05) is 4.90 Å². The maximum atomic E-state index is 12.3. The van der Waals surface area contributed by atoms with Gasteiger partial charge in [0.05, 0.1) is 29.4 Å². The van der Waals surface area contributed by atoms with Crippen LogP contribution in [0, 0.1) is 0 Å². The molecule has 23 heavy (non-hydrogen) atoms. The van der Waals surface area contributed by atoms with Gasteiger partial charge in [0, 0.05) is 27.2 Å². The van der Waals surface area contributed by atoms with Gasteiger partial charge in [-0.05, 0) is 31.0 Å². The highest BCUT2D eigenvalue weighted by atomic mass is 32.2. The molecule has 0 spiro atoms. The number of rotatable bonds is 4. The molecule has 0 radical (unpaired) electrons. The molecule has 0 aromatic heterocycles. The standard InChI is InChI=1S/C15H22N2O5S/c1-16(2)23(20,21)12-6-7-14(13(9-12)15(19)22-3)17-8-4-5-11(18)10-17/h6-7,9,11,18H,4-5,8,10H2,1-3H3/t11-/m1/s1. The third-order valence-corrected chi connectivity index (χ3v) is 5.70. The monoisotopic (exact) mass is 342 g/mol. The minimum atomic E-state index is -3.64. The number of nitrogens with zero attached hydrogens (tertiary/aromatic N) is 2. The summed E-state index contributed by atoms with van der Waals surface area (Å²) >= 11 is 0. The zero-order valence-corrected chi connectivity index (χ0v) is 14.3. The summed E-state index contributed by atoms with van der Waals surface area (Å²) < 4.78 is 30.4. The number of methoxy groups -OCH3 is 1. The number of aliphatic hydroxyl groups excluding tert-OH is 1. The lowest BCUT2D eigenvalue weighted by molar-refractivity contribution is 0.0600. The fourth-order valence-electron chi connectivity index (χ4n) is 2.61. The van der Waals surface area contributed by atoms with Crippen molar-refractivity contribution in [3.63, 3.8) is 0 Å². The smallest absolute Gasteiger partial charge is 0.340 e. The van der Waals surface area contributed by atoms with E-state index < -0.39 is 22.1 Å². The van der Waals surface area contributed by atoms with E-state index in [4.69, 9.17) is 4.74 Å². The molecule has 7 nitrogen and oxygen atoms in total. The Morgan fingerprint density at radius 2 is 2.09 bits per heavy atom. The molecule has 0 unspecified atom stereocenters. The van der Waals surface area contributed by atoms with Crippen molar-refractivity contribution in [1.82, 2.24) is 4.31 Å². The third-order valence-electron chi connectivity index (χ3n) is 3.89. The Morgan fingerprint density at radius 3 is 2.65 bits per heavy atom. The van der Waals surface area contributed by atoms with Crippen LogP contribution in [0.4, 0.5) is 5.69 Å². The Hall–Kier alpha value is -1.64. The van der Waals surface area contributed by atoms with Crippen molar-refractivity contribution in [2.45, 2.75) is 23.8 Å². The number of aliphatic hydroxyl groups is 1. The first kappa shape index (κ1) is 17.7. The number of esters is 1. The van der Waals surface area contributed by atoms with Crippen molar-refractivity contribution in [2.24, 2.45) is 0 Å². The summed E-state index contributed by atoms with van der Waals surface area (Å²) in [5.74, 6) is -0.601. The highest BCUT2D eigenvalue weighted by molar-refractivity contribution is 7.89. The number of carbonyl (C=O) groups excluding carboxylic acids is 1. The van der Waals surface area contributed by atoms with E-state index in [0.717, 1.165) is 17.1 Å². The van der Waals surface area contributed by atoms with Crippen molar-refractivity contribution in [3.05, 3.63) is 23.8 Å². The van der Waals surface area contributed by atoms with Crippen LogP contribution < -0.4 is 4.90 Å². The number of hydrogen-bond acceptors (Lipinski definition) is 6. The fourth-order valence-corrected chi connectivity index (χ4v) is 3.54. The molecular formula is C15H22N2O5S. The number of benzene rings is 1. The molecular weight excluding hydrogens is 320 g/mol. The molecule has 1 aromatic carbocycles. The van der Waals surface area contributed by atoms with Crippen LogP contribution in [0.15, 0.2) is 23.1 Å². The first-order valence-electron chi connectivity index (χ1n) is 7.35. The van der Waals surface area contributed by atoms with Crippen LogP contribution in [0.2, 0.25) is 0 Å². The van der Waals surface area contributed by atoms with Crippen LogP contribution in [0.1, 0.15) is 23.2 Å². The van der Waals surface area contributed by atoms with Gasteiger partial charge in [0.1, 0.15) is 0 Å². The number of piperidine rings is 1. The van der Waals surface area contributed by atoms with Crippen LogP contribution in [0.5, 0.6) is 0 Å². The van der Waals surface area contributed by atoms with E-state index in [-0.39, 0.29) is 10.5 Å². The molecule has 128 valence electrons. The Balaban J connectivity index is 2.49. The quantitative estimate of drug-likeness (QED) is 0.810. The third kappa shape index (κ3) is 3.65. The van der Waals surface area contributed by atoms with Crippen molar-refractivity contribution in [2.75, 3.05) is 39.2 Å². The number of carbonyl (C=O) groups is 1. The first-order valence-corrected chi connectivity index (χ1v) is 8.79. The summed E-state index contributed by atoms with van der Waals surface area (Å²) in [5, 5.41) is 9.82. The average molecular weight is 342 g/mol. The topological polar surface area (TPSA) is 87.2 Å². The Kier molecular flexibility index (Phi) is 5.28. The summed E-state index contributed by atoms with van der Waals surface area (Å²) in [6.07, 6.45) is 1.07. The molecule has 1 fully saturated rings. The zero-order valence-electron chi connectivity index (χ0n) is 13.5. The number of β-amino-alcohol motifs (C(OH)–C–C–N with tert-alkyl or cyclic N) is 1. The van der Waals surface area contributed by atoms with Crippen LogP contribution in [-0.2, 0) is 14.8 Å². The molecule has 1 aromatic rings. The van der Waals surface area contributed by atoms with E-state index in [1.165, 1.54) is 33.3 Å². The second-order valence-corrected chi connectivity index (χ2v) is 7.85. The van der Waals surface area contributed by atoms with Gasteiger partial charge in [-0.2, -0.15) is 0 Å². The molecule has 1 N–H and O–H groups in total. The molecule has 0 aliphatic carbocycles. The maximum Gasteiger partial charge on any atom is 0.340 e. The maximum absolute atomic E-state index is 12.3. The molecule has 0 saturated carbocycles. The molecule has 1 aliphatic rings. The lowest BCUT2D eigenvalue weighted by atomic mass is 10.1. The summed E-state index contributed by atoms with van der Waals surface area (Å²) in [7, 11) is 0.478. The van der Waals surface area contributed by atoms with Crippen LogP contribution in [0.25, 0.3) is 0 Å². The van der Waals surface area contributed by atoms with Gasteiger partial charge in [0.25, 0.3) is 0 Å². The Labute approximate surface area is 136 Å². The summed E-state index contributed by atoms with van der Waals surface area (Å²) in [6.45, 7) is 1.10. The molecule has 0 amide bonds. The average Bonchev–Trinajstić information content (AvgIpc) is 2.53. The van der Waals surface area contributed by atoms with E-state index in [9.17, 15) is 18.3 Å². The fraction of sp³-hybridized carbons (Fsp3) is 0.533. The van der Waals surface area contributed by atoms with Crippen molar-refractivity contribution >= 4 is 21.7 Å². The number of hydrogen-bond donors (Lipinski definition) is 1. The summed E-state index contributed by atoms with van der Waals surface area (Å²) in [5.41, 5.74) is 0.762. The van der Waals surface area contributed by atoms with Gasteiger partial charge in [0.15, 0.2) is 0 Å². The molecule has 1 heterocycles. The van der Waals surface area contributed by atoms with Gasteiger partial charge in [-0.1, -0.05) is 0 Å². The van der Waals surface area contributed by atoms with Crippen molar-refractivity contribution in [1.29, 1.82) is 0 Å². The van der Waals surface area contributed by atoms with Gasteiger partial charge >= 0.3 is 5.97 Å². The van der Waals surface area contributed by atoms with Gasteiger partial charge in [-0.3, -0.25) is 0 Å². The molecule has 8 heteroatoms. The Bertz CT molecular complexity index is 687. The summed E-state index contributed by atoms with van der Waals surface area (Å²) in [6, 6.07) is 4.40. The Morgan fingerprint density at radius 1 is 1.39 bits per heavy atom. The van der Waals surface area contributed by atoms with Gasteiger partial charge in [-0.25, -0.2) is 17.5 Å². The van der Waals surface area contributed by atoms with Gasteiger partial charge < -0.3 is 14.7 Å². The number of anilines is 1. The molecule has 1 aliphatic heterocycles. The van der Waals surface area contributed by atoms with Gasteiger partial charge in [-0.15, -0.1) is 0 Å². The second-order valence-electron chi connectivity index (χ2n) is 5.70. The van der Waals surface area contributed by atoms with Crippen LogP contribution in [0.3, 0.4) is 0 Å². The second kappa shape index (κ2) is 6.86. The molecule has 1 atom stereocenters. The van der Waals surface area contributed by atoms with Crippen LogP contribution in [-0.4, -0.2) is 64.2 Å². The molecule has 0 bridgehead atoms. The van der Waals surface area contributed by atoms with Crippen LogP contribution >= 0.6 is 0 Å². The number of sulfonamides is 1. The van der Waals surface area contributed by atoms with E-state index in [1.54, 1.807) is 6.07 Å². The predicted octanol–water partition coefficient (Wildman–Crippen LogP) is 0.685. The number of ether oxygens (including phenoxy) is 1. The van der Waals surface area contributed by atoms with E-state index >= 15 is 0 Å². The minimum absolute atomic E-state index is 0.0317. The van der Waals surface area contributed by atoms with Crippen molar-refractivity contribution < 1.29 is 23.1 Å². The minimum Gasteiger partial charge on any atom is -0.465 e. The van der Waals surface area contributed by atoms with E-state index in [2.05, 4.69) is 0 Å². The molecule has 1 saturated heterocycles. The summed E-state index contributed by atoms with van der Waals surface area (Å²) in [4.78, 5) is 14.0. The zero-order chi connectivity index (χ0) is 17.2. The molecule has 2 rings (SSSR count). The lowest BCUT2D eigenvalue weighted by Crippen LogP contribution is -2.39. The highest BCUT2D eigenvalue weighted by Gasteiger charge is 2.26. The van der Waals surface area contributed by atoms with Gasteiger partial charge in [0.2, 0.25) is 10.0 Å². The predicted molar refractivity (Wildman–Crippen MR) is 86.1 cm³/mol.